The minimum atomic E-state index is 0.534. The van der Waals surface area contributed by atoms with Gasteiger partial charge < -0.3 is 5.73 Å². The Morgan fingerprint density at radius 2 is 2.19 bits per heavy atom. The second kappa shape index (κ2) is 4.88. The van der Waals surface area contributed by atoms with Crippen LogP contribution in [0.2, 0.25) is 5.02 Å². The molecule has 16 heavy (non-hydrogen) atoms. The Bertz CT molecular complexity index is 522. The molecule has 0 bridgehead atoms. The van der Waals surface area contributed by atoms with Crippen molar-refractivity contribution >= 4 is 38.9 Å². The fourth-order valence-corrected chi connectivity index (χ4v) is 3.96. The summed E-state index contributed by atoms with van der Waals surface area (Å²) in [5.74, 6) is 0. The van der Waals surface area contributed by atoms with Crippen LogP contribution in [0.3, 0.4) is 0 Å². The van der Waals surface area contributed by atoms with Gasteiger partial charge in [0, 0.05) is 22.0 Å². The van der Waals surface area contributed by atoms with Gasteiger partial charge in [-0.3, -0.25) is 0 Å². The molecule has 1 nitrogen and oxygen atoms in total. The highest BCUT2D eigenvalue weighted by atomic mass is 79.9. The van der Waals surface area contributed by atoms with Gasteiger partial charge in [0.2, 0.25) is 0 Å². The summed E-state index contributed by atoms with van der Waals surface area (Å²) in [7, 11) is 0. The maximum absolute atomic E-state index is 6.01. The van der Waals surface area contributed by atoms with Crippen molar-refractivity contribution in [2.45, 2.75) is 13.5 Å². The number of hydrogen-bond acceptors (Lipinski definition) is 2. The summed E-state index contributed by atoms with van der Waals surface area (Å²) in [4.78, 5) is 1.26. The highest BCUT2D eigenvalue weighted by Crippen LogP contribution is 2.39. The highest BCUT2D eigenvalue weighted by Gasteiger charge is 2.14. The fraction of sp³-hybridized carbons (Fsp3) is 0.167. The maximum Gasteiger partial charge on any atom is 0.0752 e. The number of aryl methyl sites for hydroxylation is 1. The predicted molar refractivity (Wildman–Crippen MR) is 75.1 cm³/mol. The lowest BCUT2D eigenvalue weighted by atomic mass is 10.0. The second-order valence-electron chi connectivity index (χ2n) is 3.50. The van der Waals surface area contributed by atoms with Gasteiger partial charge in [-0.15, -0.1) is 11.3 Å². The molecular weight excluding hydrogens is 306 g/mol. The summed E-state index contributed by atoms with van der Waals surface area (Å²) in [6, 6.07) is 7.88. The molecule has 0 saturated carbocycles. The Hall–Kier alpha value is -0.350. The average Bonchev–Trinajstić information content (AvgIpc) is 2.52. The van der Waals surface area contributed by atoms with Gasteiger partial charge in [0.25, 0.3) is 0 Å². The van der Waals surface area contributed by atoms with Crippen molar-refractivity contribution in [2.75, 3.05) is 0 Å². The summed E-state index contributed by atoms with van der Waals surface area (Å²) in [6.45, 7) is 2.64. The molecule has 0 aliphatic rings. The first-order valence-electron chi connectivity index (χ1n) is 4.87. The summed E-state index contributed by atoms with van der Waals surface area (Å²) in [6.07, 6.45) is 0. The highest BCUT2D eigenvalue weighted by molar-refractivity contribution is 9.11. The number of hydrogen-bond donors (Lipinski definition) is 1. The monoisotopic (exact) mass is 315 g/mol. The fourth-order valence-electron chi connectivity index (χ4n) is 1.76. The van der Waals surface area contributed by atoms with Gasteiger partial charge >= 0.3 is 0 Å². The zero-order valence-electron chi connectivity index (χ0n) is 8.76. The molecule has 0 spiro atoms. The molecule has 0 radical (unpaired) electrons. The first-order valence-corrected chi connectivity index (χ1v) is 6.86. The van der Waals surface area contributed by atoms with Gasteiger partial charge in [-0.05, 0) is 46.1 Å². The number of nitrogens with two attached hydrogens (primary N) is 1. The molecule has 0 fully saturated rings. The van der Waals surface area contributed by atoms with Crippen LogP contribution in [-0.2, 0) is 6.54 Å². The number of halogens is 2. The van der Waals surface area contributed by atoms with E-state index in [2.05, 4.69) is 28.9 Å². The smallest absolute Gasteiger partial charge is 0.0752 e. The van der Waals surface area contributed by atoms with Crippen LogP contribution in [0.15, 0.2) is 28.1 Å². The van der Waals surface area contributed by atoms with E-state index in [9.17, 15) is 0 Å². The molecule has 1 aromatic heterocycles. The van der Waals surface area contributed by atoms with E-state index in [1.807, 2.05) is 18.2 Å². The van der Waals surface area contributed by atoms with Crippen molar-refractivity contribution in [3.8, 4) is 11.1 Å². The summed E-state index contributed by atoms with van der Waals surface area (Å²) < 4.78 is 1.11. The van der Waals surface area contributed by atoms with Crippen molar-refractivity contribution in [3.05, 3.63) is 43.5 Å². The van der Waals surface area contributed by atoms with Crippen LogP contribution in [0.4, 0.5) is 0 Å². The van der Waals surface area contributed by atoms with Gasteiger partial charge in [0.15, 0.2) is 0 Å². The Morgan fingerprint density at radius 1 is 1.44 bits per heavy atom. The van der Waals surface area contributed by atoms with Crippen LogP contribution < -0.4 is 5.73 Å². The third-order valence-corrected chi connectivity index (χ3v) is 4.59. The lowest BCUT2D eigenvalue weighted by molar-refractivity contribution is 1.08. The molecule has 1 heterocycles. The van der Waals surface area contributed by atoms with E-state index in [1.54, 1.807) is 11.3 Å². The van der Waals surface area contributed by atoms with E-state index in [1.165, 1.54) is 10.4 Å². The van der Waals surface area contributed by atoms with Gasteiger partial charge in [0.1, 0.15) is 0 Å². The van der Waals surface area contributed by atoms with Crippen LogP contribution in [-0.4, -0.2) is 0 Å². The molecule has 0 unspecified atom stereocenters. The molecule has 2 rings (SSSR count). The first-order chi connectivity index (χ1) is 7.63. The zero-order chi connectivity index (χ0) is 11.7. The van der Waals surface area contributed by atoms with Gasteiger partial charge in [-0.1, -0.05) is 23.7 Å². The summed E-state index contributed by atoms with van der Waals surface area (Å²) >= 11 is 11.3. The van der Waals surface area contributed by atoms with Crippen LogP contribution in [0.5, 0.6) is 0 Å². The van der Waals surface area contributed by atoms with E-state index < -0.39 is 0 Å². The molecule has 0 aliphatic heterocycles. The van der Waals surface area contributed by atoms with Crippen molar-refractivity contribution in [1.29, 1.82) is 0 Å². The third kappa shape index (κ3) is 2.18. The lowest BCUT2D eigenvalue weighted by Gasteiger charge is -2.05. The molecule has 0 aliphatic carbocycles. The molecule has 2 N–H and O–H groups in total. The molecule has 2 aromatic rings. The number of thiophene rings is 1. The van der Waals surface area contributed by atoms with Crippen LogP contribution in [0.25, 0.3) is 11.1 Å². The maximum atomic E-state index is 6.01. The van der Waals surface area contributed by atoms with Gasteiger partial charge in [-0.2, -0.15) is 0 Å². The predicted octanol–water partition coefficient (Wildman–Crippen LogP) is 4.60. The summed E-state index contributed by atoms with van der Waals surface area (Å²) in [5.41, 5.74) is 9.28. The quantitative estimate of drug-likeness (QED) is 0.861. The van der Waals surface area contributed by atoms with Crippen molar-refractivity contribution in [1.82, 2.24) is 0 Å². The zero-order valence-corrected chi connectivity index (χ0v) is 11.9. The Balaban J connectivity index is 2.63. The lowest BCUT2D eigenvalue weighted by Crippen LogP contribution is -1.97. The second-order valence-corrected chi connectivity index (χ2v) is 6.48. The van der Waals surface area contributed by atoms with E-state index in [0.717, 1.165) is 19.9 Å². The van der Waals surface area contributed by atoms with Crippen LogP contribution in [0.1, 0.15) is 10.4 Å². The van der Waals surface area contributed by atoms with Crippen molar-refractivity contribution in [3.63, 3.8) is 0 Å². The molecule has 0 amide bonds. The van der Waals surface area contributed by atoms with Crippen LogP contribution >= 0.6 is 38.9 Å². The van der Waals surface area contributed by atoms with Crippen molar-refractivity contribution in [2.24, 2.45) is 5.73 Å². The Kier molecular flexibility index (Phi) is 3.70. The Labute approximate surface area is 112 Å². The van der Waals surface area contributed by atoms with E-state index in [0.29, 0.717) is 6.54 Å². The minimum Gasteiger partial charge on any atom is -0.326 e. The van der Waals surface area contributed by atoms with Crippen LogP contribution in [0, 0.1) is 6.92 Å². The molecule has 0 atom stereocenters. The van der Waals surface area contributed by atoms with Gasteiger partial charge in [-0.25, -0.2) is 0 Å². The third-order valence-electron chi connectivity index (χ3n) is 2.45. The minimum absolute atomic E-state index is 0.534. The first kappa shape index (κ1) is 12.1. The molecule has 0 saturated heterocycles. The average molecular weight is 317 g/mol. The number of benzene rings is 1. The van der Waals surface area contributed by atoms with E-state index in [-0.39, 0.29) is 0 Å². The molecular formula is C12H11BrClNS. The largest absolute Gasteiger partial charge is 0.326 e. The Morgan fingerprint density at radius 3 is 2.81 bits per heavy atom. The topological polar surface area (TPSA) is 26.0 Å². The normalized spacial score (nSPS) is 10.8. The van der Waals surface area contributed by atoms with Gasteiger partial charge in [0.05, 0.1) is 3.79 Å². The summed E-state index contributed by atoms with van der Waals surface area (Å²) in [5, 5.41) is 0.752. The van der Waals surface area contributed by atoms with Crippen molar-refractivity contribution < 1.29 is 0 Å². The molecule has 1 aromatic carbocycles. The molecule has 84 valence electrons. The standard InChI is InChI=1S/C12H11BrClNS/c1-7-11(10(6-15)12(13)16-7)8-3-2-4-9(14)5-8/h2-5H,6,15H2,1H3. The molecule has 4 heteroatoms. The number of rotatable bonds is 2. The van der Waals surface area contributed by atoms with E-state index >= 15 is 0 Å². The SMILES string of the molecule is Cc1sc(Br)c(CN)c1-c1cccc(Cl)c1. The van der Waals surface area contributed by atoms with E-state index in [4.69, 9.17) is 17.3 Å².